The van der Waals surface area contributed by atoms with Crippen molar-refractivity contribution in [2.24, 2.45) is 17.3 Å². The van der Waals surface area contributed by atoms with Gasteiger partial charge >= 0.3 is 0 Å². The second-order valence-corrected chi connectivity index (χ2v) is 6.47. The van der Waals surface area contributed by atoms with Crippen LogP contribution in [0.4, 0.5) is 5.69 Å². The fourth-order valence-electron chi connectivity index (χ4n) is 3.26. The number of nitrogens with two attached hydrogens (primary N) is 1. The Balaban J connectivity index is 1.86. The molecule has 2 aliphatic rings. The third kappa shape index (κ3) is 1.52. The maximum atomic E-state index is 12.3. The number of nitrogen functional groups attached to an aromatic ring is 1. The number of aryl methyl sites for hydroxylation is 1. The van der Waals surface area contributed by atoms with E-state index >= 15 is 0 Å². The summed E-state index contributed by atoms with van der Waals surface area (Å²) in [6.07, 6.45) is 1.69. The molecule has 2 fully saturated rings. The Bertz CT molecular complexity index is 612. The Labute approximate surface area is 118 Å². The molecular weight excluding hydrogens is 254 g/mol. The molecule has 0 bridgehead atoms. The summed E-state index contributed by atoms with van der Waals surface area (Å²) in [5.41, 5.74) is 8.96. The van der Waals surface area contributed by atoms with Crippen LogP contribution >= 0.6 is 0 Å². The van der Waals surface area contributed by atoms with E-state index in [0.29, 0.717) is 11.4 Å². The van der Waals surface area contributed by atoms with Crippen molar-refractivity contribution in [1.82, 2.24) is 9.88 Å². The topological polar surface area (TPSA) is 76.3 Å². The number of hydrogen-bond donors (Lipinski definition) is 1. The molecule has 20 heavy (non-hydrogen) atoms. The van der Waals surface area contributed by atoms with Crippen LogP contribution in [0.5, 0.6) is 0 Å². The van der Waals surface area contributed by atoms with Crippen LogP contribution in [0.25, 0.3) is 0 Å². The molecule has 1 saturated carbocycles. The Morgan fingerprint density at radius 2 is 1.80 bits per heavy atom. The van der Waals surface area contributed by atoms with Crippen molar-refractivity contribution in [2.45, 2.75) is 34.2 Å². The van der Waals surface area contributed by atoms with Crippen LogP contribution in [0, 0.1) is 31.1 Å². The van der Waals surface area contributed by atoms with E-state index < -0.39 is 0 Å². The number of nitrogens with zero attached hydrogens (tertiary/aromatic N) is 2. The van der Waals surface area contributed by atoms with Crippen molar-refractivity contribution < 1.29 is 9.59 Å². The number of anilines is 1. The van der Waals surface area contributed by atoms with Crippen LogP contribution in [-0.4, -0.2) is 21.7 Å². The first kappa shape index (κ1) is 13.1. The lowest BCUT2D eigenvalue weighted by molar-refractivity contribution is -0.143. The van der Waals surface area contributed by atoms with Crippen molar-refractivity contribution in [1.29, 1.82) is 0 Å². The molecule has 1 aliphatic heterocycles. The summed E-state index contributed by atoms with van der Waals surface area (Å²) < 4.78 is 0. The SMILES string of the molecule is Cc1cnc(CN2C(=O)C3C(C2=O)C3(C)C)c(C)c1N. The lowest BCUT2D eigenvalue weighted by atomic mass is 10.0. The van der Waals surface area contributed by atoms with Gasteiger partial charge in [0.05, 0.1) is 24.1 Å². The first-order valence-electron chi connectivity index (χ1n) is 6.82. The van der Waals surface area contributed by atoms with Crippen LogP contribution in [0.3, 0.4) is 0 Å². The van der Waals surface area contributed by atoms with Gasteiger partial charge in [-0.2, -0.15) is 0 Å². The first-order valence-corrected chi connectivity index (χ1v) is 6.82. The second-order valence-electron chi connectivity index (χ2n) is 6.47. The number of amides is 2. The quantitative estimate of drug-likeness (QED) is 0.827. The van der Waals surface area contributed by atoms with Gasteiger partial charge in [-0.1, -0.05) is 13.8 Å². The zero-order valence-electron chi connectivity index (χ0n) is 12.2. The molecule has 1 aromatic rings. The molecule has 2 unspecified atom stereocenters. The van der Waals surface area contributed by atoms with Crippen LogP contribution < -0.4 is 5.73 Å². The van der Waals surface area contributed by atoms with Gasteiger partial charge in [0.15, 0.2) is 0 Å². The third-order valence-electron chi connectivity index (χ3n) is 4.88. The van der Waals surface area contributed by atoms with Gasteiger partial charge in [0.25, 0.3) is 0 Å². The smallest absolute Gasteiger partial charge is 0.234 e. The van der Waals surface area contributed by atoms with Crippen molar-refractivity contribution in [3.05, 3.63) is 23.0 Å². The number of pyridine rings is 1. The maximum Gasteiger partial charge on any atom is 0.234 e. The molecule has 0 spiro atoms. The van der Waals surface area contributed by atoms with E-state index in [2.05, 4.69) is 4.98 Å². The molecule has 2 atom stereocenters. The number of rotatable bonds is 2. The highest BCUT2D eigenvalue weighted by molar-refractivity contribution is 6.10. The Morgan fingerprint density at radius 1 is 1.25 bits per heavy atom. The predicted octanol–water partition coefficient (Wildman–Crippen LogP) is 1.42. The second kappa shape index (κ2) is 3.81. The highest BCUT2D eigenvalue weighted by atomic mass is 16.2. The van der Waals surface area contributed by atoms with E-state index in [1.54, 1.807) is 6.20 Å². The van der Waals surface area contributed by atoms with Crippen molar-refractivity contribution >= 4 is 17.5 Å². The van der Waals surface area contributed by atoms with E-state index in [9.17, 15) is 9.59 Å². The van der Waals surface area contributed by atoms with Crippen molar-refractivity contribution in [2.75, 3.05) is 5.73 Å². The monoisotopic (exact) mass is 273 g/mol. The highest BCUT2D eigenvalue weighted by Crippen LogP contribution is 2.63. The molecule has 5 heteroatoms. The first-order chi connectivity index (χ1) is 9.26. The average Bonchev–Trinajstić information content (AvgIpc) is 2.85. The average molecular weight is 273 g/mol. The fourth-order valence-corrected chi connectivity index (χ4v) is 3.26. The number of carbonyl (C=O) groups is 2. The molecule has 1 saturated heterocycles. The third-order valence-corrected chi connectivity index (χ3v) is 4.88. The number of fused-ring (bicyclic) bond motifs is 1. The number of carbonyl (C=O) groups excluding carboxylic acids is 2. The molecule has 5 nitrogen and oxygen atoms in total. The molecule has 3 rings (SSSR count). The van der Waals surface area contributed by atoms with Gasteiger partial charge in [-0.3, -0.25) is 19.5 Å². The van der Waals surface area contributed by atoms with Crippen LogP contribution in [0.1, 0.15) is 30.7 Å². The lowest BCUT2D eigenvalue weighted by Gasteiger charge is -2.21. The number of aromatic nitrogens is 1. The van der Waals surface area contributed by atoms with E-state index in [4.69, 9.17) is 5.73 Å². The summed E-state index contributed by atoms with van der Waals surface area (Å²) in [6.45, 7) is 7.95. The largest absolute Gasteiger partial charge is 0.398 e. The minimum atomic E-state index is -0.167. The number of likely N-dealkylation sites (tertiary alicyclic amines) is 1. The maximum absolute atomic E-state index is 12.3. The number of piperidine rings is 1. The molecule has 2 amide bonds. The van der Waals surface area contributed by atoms with Gasteiger partial charge in [-0.25, -0.2) is 0 Å². The zero-order chi connectivity index (χ0) is 14.8. The molecule has 2 heterocycles. The normalized spacial score (nSPS) is 26.9. The molecule has 1 aliphatic carbocycles. The summed E-state index contributed by atoms with van der Waals surface area (Å²) in [4.78, 5) is 30.2. The summed E-state index contributed by atoms with van der Waals surface area (Å²) in [6, 6.07) is 0. The minimum Gasteiger partial charge on any atom is -0.398 e. The van der Waals surface area contributed by atoms with E-state index in [0.717, 1.165) is 11.1 Å². The Kier molecular flexibility index (Phi) is 2.49. The summed E-state index contributed by atoms with van der Waals surface area (Å²) in [5.74, 6) is -0.410. The molecule has 2 N–H and O–H groups in total. The lowest BCUT2D eigenvalue weighted by Crippen LogP contribution is -2.36. The van der Waals surface area contributed by atoms with Gasteiger partial charge in [0, 0.05) is 11.9 Å². The van der Waals surface area contributed by atoms with Gasteiger partial charge in [-0.05, 0) is 30.4 Å². The summed E-state index contributed by atoms with van der Waals surface area (Å²) in [7, 11) is 0. The zero-order valence-corrected chi connectivity index (χ0v) is 12.2. The van der Waals surface area contributed by atoms with Crippen molar-refractivity contribution in [3.8, 4) is 0 Å². The minimum absolute atomic E-state index is 0.0645. The standard InChI is InChI=1S/C15H19N3O2/c1-7-5-17-9(8(2)12(7)16)6-18-13(19)10-11(14(18)20)15(10,3)4/h5,10-11H,6H2,1-4H3,(H2,16,17). The molecule has 106 valence electrons. The molecular formula is C15H19N3O2. The van der Waals surface area contributed by atoms with Gasteiger partial charge in [0.1, 0.15) is 0 Å². The number of hydrogen-bond acceptors (Lipinski definition) is 4. The van der Waals surface area contributed by atoms with Crippen LogP contribution in [-0.2, 0) is 16.1 Å². The fraction of sp³-hybridized carbons (Fsp3) is 0.533. The van der Waals surface area contributed by atoms with Crippen molar-refractivity contribution in [3.63, 3.8) is 0 Å². The summed E-state index contributed by atoms with van der Waals surface area (Å²) in [5, 5.41) is 0. The van der Waals surface area contributed by atoms with E-state index in [-0.39, 0.29) is 35.6 Å². The summed E-state index contributed by atoms with van der Waals surface area (Å²) >= 11 is 0. The highest BCUT2D eigenvalue weighted by Gasteiger charge is 2.72. The van der Waals surface area contributed by atoms with Crippen LogP contribution in [0.2, 0.25) is 0 Å². The molecule has 0 radical (unpaired) electrons. The number of imide groups is 1. The van der Waals surface area contributed by atoms with Crippen LogP contribution in [0.15, 0.2) is 6.20 Å². The van der Waals surface area contributed by atoms with Gasteiger partial charge in [0.2, 0.25) is 11.8 Å². The molecule has 0 aromatic carbocycles. The Hall–Kier alpha value is -1.91. The Morgan fingerprint density at radius 3 is 2.35 bits per heavy atom. The van der Waals surface area contributed by atoms with E-state index in [1.807, 2.05) is 27.7 Å². The molecule has 1 aromatic heterocycles. The van der Waals surface area contributed by atoms with Gasteiger partial charge < -0.3 is 5.73 Å². The van der Waals surface area contributed by atoms with E-state index in [1.165, 1.54) is 4.90 Å². The predicted molar refractivity (Wildman–Crippen MR) is 74.4 cm³/mol. The van der Waals surface area contributed by atoms with Gasteiger partial charge in [-0.15, -0.1) is 0 Å².